The molecule has 1 heterocycles. The minimum atomic E-state index is -3.35. The fraction of sp³-hybridized carbons (Fsp3) is 0.538. The molecule has 2 atom stereocenters. The quantitative estimate of drug-likeness (QED) is 0.868. The minimum Gasteiger partial charge on any atom is -0.381 e. The standard InChI is InChI=1S/C13H21N3O2S/c1-10-8-12(9-16(10)3)15-11-4-6-13(7-5-11)19(17,18)14-2/h4-7,10,12,14-15H,8-9H2,1-3H3. The third-order valence-corrected chi connectivity index (χ3v) is 5.12. The molecule has 0 radical (unpaired) electrons. The highest BCUT2D eigenvalue weighted by Gasteiger charge is 2.25. The van der Waals surface area contributed by atoms with Crippen molar-refractivity contribution in [2.24, 2.45) is 0 Å². The van der Waals surface area contributed by atoms with Gasteiger partial charge in [-0.25, -0.2) is 13.1 Å². The fourth-order valence-corrected chi connectivity index (χ4v) is 3.11. The van der Waals surface area contributed by atoms with Gasteiger partial charge >= 0.3 is 0 Å². The highest BCUT2D eigenvalue weighted by atomic mass is 32.2. The molecule has 1 aliphatic rings. The molecule has 0 aromatic heterocycles. The Morgan fingerprint density at radius 2 is 1.89 bits per heavy atom. The van der Waals surface area contributed by atoms with Gasteiger partial charge in [-0.3, -0.25) is 0 Å². The summed E-state index contributed by atoms with van der Waals surface area (Å²) in [5.74, 6) is 0. The van der Waals surface area contributed by atoms with Gasteiger partial charge in [-0.05, 0) is 51.7 Å². The lowest BCUT2D eigenvalue weighted by Gasteiger charge is -2.14. The Labute approximate surface area is 115 Å². The second-order valence-electron chi connectivity index (χ2n) is 5.10. The summed E-state index contributed by atoms with van der Waals surface area (Å²) in [4.78, 5) is 2.61. The molecule has 1 aromatic rings. The van der Waals surface area contributed by atoms with Crippen LogP contribution in [0.2, 0.25) is 0 Å². The highest BCUT2D eigenvalue weighted by Crippen LogP contribution is 2.20. The summed E-state index contributed by atoms with van der Waals surface area (Å²) < 4.78 is 25.5. The van der Waals surface area contributed by atoms with E-state index in [4.69, 9.17) is 0 Å². The van der Waals surface area contributed by atoms with Crippen molar-refractivity contribution in [2.45, 2.75) is 30.3 Å². The van der Waals surface area contributed by atoms with Gasteiger partial charge in [-0.1, -0.05) is 0 Å². The molecule has 0 amide bonds. The van der Waals surface area contributed by atoms with E-state index >= 15 is 0 Å². The summed E-state index contributed by atoms with van der Waals surface area (Å²) in [5, 5.41) is 3.44. The molecular formula is C13H21N3O2S. The maximum absolute atomic E-state index is 11.6. The van der Waals surface area contributed by atoms with Crippen LogP contribution in [0, 0.1) is 0 Å². The first-order valence-corrected chi connectivity index (χ1v) is 7.91. The van der Waals surface area contributed by atoms with Crippen LogP contribution in [0.4, 0.5) is 5.69 Å². The molecule has 1 fully saturated rings. The molecule has 106 valence electrons. The Kier molecular flexibility index (Phi) is 4.13. The monoisotopic (exact) mass is 283 g/mol. The SMILES string of the molecule is CNS(=O)(=O)c1ccc(NC2CC(C)N(C)C2)cc1. The minimum absolute atomic E-state index is 0.289. The largest absolute Gasteiger partial charge is 0.381 e. The van der Waals surface area contributed by atoms with Crippen LogP contribution < -0.4 is 10.0 Å². The number of sulfonamides is 1. The van der Waals surface area contributed by atoms with Gasteiger partial charge in [0.25, 0.3) is 0 Å². The van der Waals surface area contributed by atoms with E-state index in [9.17, 15) is 8.42 Å². The molecule has 1 aliphatic heterocycles. The van der Waals surface area contributed by atoms with E-state index in [2.05, 4.69) is 28.9 Å². The summed E-state index contributed by atoms with van der Waals surface area (Å²) in [5.41, 5.74) is 0.961. The maximum Gasteiger partial charge on any atom is 0.240 e. The van der Waals surface area contributed by atoms with Crippen LogP contribution in [0.25, 0.3) is 0 Å². The second-order valence-corrected chi connectivity index (χ2v) is 6.98. The third-order valence-electron chi connectivity index (χ3n) is 3.69. The maximum atomic E-state index is 11.6. The van der Waals surface area contributed by atoms with Gasteiger partial charge < -0.3 is 10.2 Å². The van der Waals surface area contributed by atoms with Crippen LogP contribution in [0.3, 0.4) is 0 Å². The van der Waals surface area contributed by atoms with Gasteiger partial charge in [-0.2, -0.15) is 0 Å². The third kappa shape index (κ3) is 3.26. The van der Waals surface area contributed by atoms with Gasteiger partial charge in [0, 0.05) is 24.3 Å². The van der Waals surface area contributed by atoms with E-state index in [0.29, 0.717) is 12.1 Å². The summed E-state index contributed by atoms with van der Waals surface area (Å²) in [7, 11) is 0.188. The van der Waals surface area contributed by atoms with E-state index in [1.807, 2.05) is 12.1 Å². The average Bonchev–Trinajstić information content (AvgIpc) is 2.69. The lowest BCUT2D eigenvalue weighted by molar-refractivity contribution is 0.330. The summed E-state index contributed by atoms with van der Waals surface area (Å²) in [6, 6.07) is 7.88. The number of nitrogens with zero attached hydrogens (tertiary/aromatic N) is 1. The zero-order chi connectivity index (χ0) is 14.0. The average molecular weight is 283 g/mol. The molecule has 2 N–H and O–H groups in total. The van der Waals surface area contributed by atoms with Crippen LogP contribution >= 0.6 is 0 Å². The molecule has 1 saturated heterocycles. The van der Waals surface area contributed by atoms with Crippen LogP contribution in [0.5, 0.6) is 0 Å². The number of rotatable bonds is 4. The van der Waals surface area contributed by atoms with E-state index in [-0.39, 0.29) is 4.90 Å². The molecule has 6 heteroatoms. The second kappa shape index (κ2) is 5.48. The zero-order valence-corrected chi connectivity index (χ0v) is 12.4. The molecule has 2 rings (SSSR count). The van der Waals surface area contributed by atoms with Crippen molar-refractivity contribution in [3.63, 3.8) is 0 Å². The van der Waals surface area contributed by atoms with Gasteiger partial charge in [0.2, 0.25) is 10.0 Å². The molecule has 0 aliphatic carbocycles. The fourth-order valence-electron chi connectivity index (χ4n) is 2.38. The summed E-state index contributed by atoms with van der Waals surface area (Å²) >= 11 is 0. The smallest absolute Gasteiger partial charge is 0.240 e. The van der Waals surface area contributed by atoms with Crippen LogP contribution in [0.1, 0.15) is 13.3 Å². The van der Waals surface area contributed by atoms with Gasteiger partial charge in [-0.15, -0.1) is 0 Å². The van der Waals surface area contributed by atoms with Crippen LogP contribution in [-0.4, -0.2) is 46.0 Å². The van der Waals surface area contributed by atoms with Gasteiger partial charge in [0.15, 0.2) is 0 Å². The molecule has 19 heavy (non-hydrogen) atoms. The Morgan fingerprint density at radius 3 is 2.37 bits per heavy atom. The van der Waals surface area contributed by atoms with Crippen LogP contribution in [0.15, 0.2) is 29.2 Å². The zero-order valence-electron chi connectivity index (χ0n) is 11.6. The summed E-state index contributed by atoms with van der Waals surface area (Å²) in [6.07, 6.45) is 1.10. The number of hydrogen-bond acceptors (Lipinski definition) is 4. The first kappa shape index (κ1) is 14.3. The van der Waals surface area contributed by atoms with E-state index in [1.165, 1.54) is 7.05 Å². The Balaban J connectivity index is 2.04. The number of benzene rings is 1. The van der Waals surface area contributed by atoms with Crippen molar-refractivity contribution in [1.29, 1.82) is 0 Å². The Hall–Kier alpha value is -1.11. The van der Waals surface area contributed by atoms with Gasteiger partial charge in [0.1, 0.15) is 0 Å². The van der Waals surface area contributed by atoms with E-state index in [0.717, 1.165) is 18.7 Å². The summed E-state index contributed by atoms with van der Waals surface area (Å²) in [6.45, 7) is 3.22. The van der Waals surface area contributed by atoms with Crippen molar-refractivity contribution in [2.75, 3.05) is 26.0 Å². The number of nitrogens with one attached hydrogen (secondary N) is 2. The van der Waals surface area contributed by atoms with E-state index < -0.39 is 10.0 Å². The van der Waals surface area contributed by atoms with Crippen molar-refractivity contribution < 1.29 is 8.42 Å². The Morgan fingerprint density at radius 1 is 1.26 bits per heavy atom. The number of hydrogen-bond donors (Lipinski definition) is 2. The highest BCUT2D eigenvalue weighted by molar-refractivity contribution is 7.89. The van der Waals surface area contributed by atoms with Crippen molar-refractivity contribution in [1.82, 2.24) is 9.62 Å². The molecule has 0 spiro atoms. The predicted molar refractivity (Wildman–Crippen MR) is 76.8 cm³/mol. The van der Waals surface area contributed by atoms with Crippen molar-refractivity contribution >= 4 is 15.7 Å². The first-order valence-electron chi connectivity index (χ1n) is 6.43. The lowest BCUT2D eigenvalue weighted by atomic mass is 10.2. The number of likely N-dealkylation sites (N-methyl/N-ethyl adjacent to an activating group) is 1. The van der Waals surface area contributed by atoms with Gasteiger partial charge in [0.05, 0.1) is 4.90 Å². The number of anilines is 1. The van der Waals surface area contributed by atoms with Crippen molar-refractivity contribution in [3.05, 3.63) is 24.3 Å². The first-order chi connectivity index (χ1) is 8.92. The normalized spacial score (nSPS) is 24.6. The predicted octanol–water partition coefficient (Wildman–Crippen LogP) is 1.10. The topological polar surface area (TPSA) is 61.4 Å². The molecule has 1 aromatic carbocycles. The molecule has 5 nitrogen and oxygen atoms in total. The molecule has 0 saturated carbocycles. The molecule has 0 bridgehead atoms. The van der Waals surface area contributed by atoms with Crippen LogP contribution in [-0.2, 0) is 10.0 Å². The molecule has 2 unspecified atom stereocenters. The van der Waals surface area contributed by atoms with E-state index in [1.54, 1.807) is 12.1 Å². The Bertz CT molecular complexity index is 517. The lowest BCUT2D eigenvalue weighted by Crippen LogP contribution is -2.24. The van der Waals surface area contributed by atoms with Crippen molar-refractivity contribution in [3.8, 4) is 0 Å². The molecular weight excluding hydrogens is 262 g/mol. The number of likely N-dealkylation sites (tertiary alicyclic amines) is 1.